The third kappa shape index (κ3) is 4.18. The highest BCUT2D eigenvalue weighted by Crippen LogP contribution is 2.20. The van der Waals surface area contributed by atoms with Gasteiger partial charge in [0.15, 0.2) is 0 Å². The lowest BCUT2D eigenvalue weighted by molar-refractivity contribution is 0.0450. The maximum absolute atomic E-state index is 11.8. The number of hydrogen-bond acceptors (Lipinski definition) is 4. The van der Waals surface area contributed by atoms with Crippen LogP contribution in [0.3, 0.4) is 0 Å². The molecule has 0 N–H and O–H groups in total. The Bertz CT molecular complexity index is 587. The minimum Gasteiger partial charge on any atom is -0.490 e. The summed E-state index contributed by atoms with van der Waals surface area (Å²) in [5, 5.41) is 0.344. The van der Waals surface area contributed by atoms with Crippen LogP contribution >= 0.6 is 24.2 Å². The topological polar surface area (TPSA) is 35.5 Å². The number of ether oxygens (including phenoxy) is 2. The number of carbonyl (C=O) groups excluding carboxylic acids is 1. The third-order valence-electron chi connectivity index (χ3n) is 2.50. The van der Waals surface area contributed by atoms with Gasteiger partial charge in [0.05, 0.1) is 10.6 Å². The molecule has 0 aromatic heterocycles. The molecule has 0 saturated carbocycles. The molecule has 0 radical (unpaired) electrons. The number of halogens is 1. The van der Waals surface area contributed by atoms with E-state index < -0.39 is 5.97 Å². The van der Waals surface area contributed by atoms with Crippen molar-refractivity contribution in [1.82, 2.24) is 0 Å². The average Bonchev–Trinajstić information content (AvgIpc) is 2.47. The van der Waals surface area contributed by atoms with Gasteiger partial charge < -0.3 is 9.47 Å². The predicted octanol–water partition coefficient (Wildman–Crippen LogP) is 3.86. The summed E-state index contributed by atoms with van der Waals surface area (Å²) in [6.07, 6.45) is 0. The van der Waals surface area contributed by atoms with Crippen LogP contribution in [0.5, 0.6) is 5.75 Å². The monoisotopic (exact) mass is 308 g/mol. The summed E-state index contributed by atoms with van der Waals surface area (Å²) in [4.78, 5) is 12.5. The van der Waals surface area contributed by atoms with Crippen LogP contribution in [0, 0.1) is 0 Å². The molecule has 0 spiro atoms. The van der Waals surface area contributed by atoms with Gasteiger partial charge in [-0.15, -0.1) is 12.6 Å². The number of para-hydroxylation sites is 1. The van der Waals surface area contributed by atoms with Crippen LogP contribution in [-0.2, 0) is 4.74 Å². The van der Waals surface area contributed by atoms with Gasteiger partial charge >= 0.3 is 5.97 Å². The van der Waals surface area contributed by atoms with Gasteiger partial charge in [-0.2, -0.15) is 0 Å². The van der Waals surface area contributed by atoms with Crippen LogP contribution < -0.4 is 4.74 Å². The summed E-state index contributed by atoms with van der Waals surface area (Å²) in [6.45, 7) is 0.439. The summed E-state index contributed by atoms with van der Waals surface area (Å²) in [5.41, 5.74) is 0.305. The Morgan fingerprint density at radius 2 is 1.85 bits per heavy atom. The maximum atomic E-state index is 11.8. The molecule has 5 heteroatoms. The maximum Gasteiger partial charge on any atom is 0.339 e. The molecule has 0 amide bonds. The molecular formula is C15H13ClO3S. The Morgan fingerprint density at radius 3 is 2.60 bits per heavy atom. The lowest BCUT2D eigenvalue weighted by Gasteiger charge is -2.08. The van der Waals surface area contributed by atoms with Gasteiger partial charge in [-0.3, -0.25) is 0 Å². The number of carbonyl (C=O) groups is 1. The zero-order valence-electron chi connectivity index (χ0n) is 10.6. The normalized spacial score (nSPS) is 10.1. The van der Waals surface area contributed by atoms with E-state index in [0.717, 1.165) is 5.75 Å². The van der Waals surface area contributed by atoms with Crippen LogP contribution in [0.1, 0.15) is 10.4 Å². The van der Waals surface area contributed by atoms with Crippen molar-refractivity contribution >= 4 is 30.2 Å². The number of benzene rings is 2. The quantitative estimate of drug-likeness (QED) is 0.517. The van der Waals surface area contributed by atoms with Gasteiger partial charge in [0.25, 0.3) is 0 Å². The van der Waals surface area contributed by atoms with Crippen molar-refractivity contribution in [3.05, 3.63) is 59.1 Å². The van der Waals surface area contributed by atoms with Crippen molar-refractivity contribution in [1.29, 1.82) is 0 Å². The molecule has 0 atom stereocenters. The summed E-state index contributed by atoms with van der Waals surface area (Å²) in [6, 6.07) is 14.2. The molecule has 0 bridgehead atoms. The van der Waals surface area contributed by atoms with Crippen LogP contribution in [0.25, 0.3) is 0 Å². The molecule has 2 aromatic rings. The van der Waals surface area contributed by atoms with Crippen molar-refractivity contribution in [2.75, 3.05) is 13.2 Å². The van der Waals surface area contributed by atoms with Crippen LogP contribution in [0.2, 0.25) is 5.02 Å². The van der Waals surface area contributed by atoms with E-state index in [1.54, 1.807) is 18.2 Å². The first-order chi connectivity index (χ1) is 9.66. The molecule has 0 aliphatic heterocycles. The molecule has 3 nitrogen and oxygen atoms in total. The Morgan fingerprint density at radius 1 is 1.10 bits per heavy atom. The summed E-state index contributed by atoms with van der Waals surface area (Å²) >= 11 is 10.1. The SMILES string of the molecule is O=C(OCCOc1ccccc1)c1cc(S)ccc1Cl. The molecule has 0 unspecified atom stereocenters. The summed E-state index contributed by atoms with van der Waals surface area (Å²) in [5.74, 6) is 0.251. The molecule has 2 rings (SSSR count). The highest BCUT2D eigenvalue weighted by Gasteiger charge is 2.12. The third-order valence-corrected chi connectivity index (χ3v) is 3.11. The number of hydrogen-bond donors (Lipinski definition) is 1. The predicted molar refractivity (Wildman–Crippen MR) is 80.9 cm³/mol. The van der Waals surface area contributed by atoms with Gasteiger partial charge in [-0.1, -0.05) is 29.8 Å². The number of thiol groups is 1. The van der Waals surface area contributed by atoms with Gasteiger partial charge in [-0.25, -0.2) is 4.79 Å². The number of esters is 1. The Hall–Kier alpha value is -1.65. The molecule has 0 heterocycles. The van der Waals surface area contributed by atoms with E-state index in [1.807, 2.05) is 30.3 Å². The second-order valence-corrected chi connectivity index (χ2v) is 4.89. The second-order valence-electron chi connectivity index (χ2n) is 3.96. The smallest absolute Gasteiger partial charge is 0.339 e. The van der Waals surface area contributed by atoms with E-state index >= 15 is 0 Å². The van der Waals surface area contributed by atoms with E-state index in [1.165, 1.54) is 0 Å². The fourth-order valence-electron chi connectivity index (χ4n) is 1.56. The van der Waals surface area contributed by atoms with E-state index in [4.69, 9.17) is 21.1 Å². The van der Waals surface area contributed by atoms with Crippen molar-refractivity contribution in [2.24, 2.45) is 0 Å². The summed E-state index contributed by atoms with van der Waals surface area (Å²) < 4.78 is 10.5. The minimum absolute atomic E-state index is 0.154. The highest BCUT2D eigenvalue weighted by molar-refractivity contribution is 7.80. The zero-order valence-corrected chi connectivity index (χ0v) is 12.2. The lowest BCUT2D eigenvalue weighted by atomic mass is 10.2. The molecule has 0 aliphatic rings. The van der Waals surface area contributed by atoms with Crippen molar-refractivity contribution in [3.8, 4) is 5.75 Å². The van der Waals surface area contributed by atoms with Crippen LogP contribution in [0.15, 0.2) is 53.4 Å². The molecule has 20 heavy (non-hydrogen) atoms. The molecule has 0 saturated heterocycles. The molecular weight excluding hydrogens is 296 g/mol. The molecule has 2 aromatic carbocycles. The zero-order chi connectivity index (χ0) is 14.4. The Balaban J connectivity index is 1.82. The Labute approximate surface area is 127 Å². The minimum atomic E-state index is -0.484. The fraction of sp³-hybridized carbons (Fsp3) is 0.133. The summed E-state index contributed by atoms with van der Waals surface area (Å²) in [7, 11) is 0. The molecule has 0 aliphatic carbocycles. The number of rotatable bonds is 5. The molecule has 104 valence electrons. The van der Waals surface area contributed by atoms with E-state index in [0.29, 0.717) is 15.5 Å². The fourth-order valence-corrected chi connectivity index (χ4v) is 1.96. The van der Waals surface area contributed by atoms with Crippen molar-refractivity contribution < 1.29 is 14.3 Å². The first-order valence-electron chi connectivity index (χ1n) is 6.00. The van der Waals surface area contributed by atoms with Gasteiger partial charge in [0.1, 0.15) is 19.0 Å². The first-order valence-corrected chi connectivity index (χ1v) is 6.83. The average molecular weight is 309 g/mol. The van der Waals surface area contributed by atoms with Crippen LogP contribution in [-0.4, -0.2) is 19.2 Å². The van der Waals surface area contributed by atoms with E-state index in [2.05, 4.69) is 12.6 Å². The van der Waals surface area contributed by atoms with E-state index in [-0.39, 0.29) is 13.2 Å². The van der Waals surface area contributed by atoms with Gasteiger partial charge in [-0.05, 0) is 30.3 Å². The lowest BCUT2D eigenvalue weighted by Crippen LogP contribution is -2.12. The standard InChI is InChI=1S/C15H13ClO3S/c16-14-7-6-12(20)10-13(14)15(17)19-9-8-18-11-4-2-1-3-5-11/h1-7,10,20H,8-9H2. The van der Waals surface area contributed by atoms with Crippen molar-refractivity contribution in [2.45, 2.75) is 4.90 Å². The Kier molecular flexibility index (Phi) is 5.32. The highest BCUT2D eigenvalue weighted by atomic mass is 35.5. The van der Waals surface area contributed by atoms with Crippen molar-refractivity contribution in [3.63, 3.8) is 0 Å². The van der Waals surface area contributed by atoms with Crippen LogP contribution in [0.4, 0.5) is 0 Å². The first kappa shape index (κ1) is 14.8. The largest absolute Gasteiger partial charge is 0.490 e. The van der Waals surface area contributed by atoms with Gasteiger partial charge in [0, 0.05) is 4.90 Å². The molecule has 0 fully saturated rings. The van der Waals surface area contributed by atoms with E-state index in [9.17, 15) is 4.79 Å². The second kappa shape index (κ2) is 7.22. The van der Waals surface area contributed by atoms with Gasteiger partial charge in [0.2, 0.25) is 0 Å².